The van der Waals surface area contributed by atoms with Crippen molar-refractivity contribution in [3.63, 3.8) is 0 Å². The fourth-order valence-electron chi connectivity index (χ4n) is 4.56. The van der Waals surface area contributed by atoms with Gasteiger partial charge in [0.2, 0.25) is 0 Å². The number of benzene rings is 3. The fraction of sp³-hybridized carbons (Fsp3) is 0.214. The fourth-order valence-corrected chi connectivity index (χ4v) is 5.69. The van der Waals surface area contributed by atoms with Crippen LogP contribution in [0, 0.1) is 0 Å². The van der Waals surface area contributed by atoms with Crippen LogP contribution in [0.2, 0.25) is 5.02 Å². The van der Waals surface area contributed by atoms with Crippen LogP contribution in [0.1, 0.15) is 5.56 Å². The molecule has 0 radical (unpaired) electrons. The van der Waals surface area contributed by atoms with Crippen LogP contribution in [0.25, 0.3) is 0 Å². The Balaban J connectivity index is 1.40. The molecule has 3 aromatic carbocycles. The number of amides is 2. The maximum Gasteiger partial charge on any atom is 0.283 e. The van der Waals surface area contributed by atoms with Crippen molar-refractivity contribution in [3.05, 3.63) is 100 Å². The smallest absolute Gasteiger partial charge is 0.283 e. The lowest BCUT2D eigenvalue weighted by Gasteiger charge is -2.34. The molecule has 2 amide bonds. The second kappa shape index (κ2) is 10.8. The maximum absolute atomic E-state index is 13.7. The van der Waals surface area contributed by atoms with Crippen LogP contribution in [-0.2, 0) is 16.1 Å². The summed E-state index contributed by atoms with van der Waals surface area (Å²) < 4.78 is 5.24. The Morgan fingerprint density at radius 3 is 2.19 bits per heavy atom. The summed E-state index contributed by atoms with van der Waals surface area (Å²) in [5, 5.41) is 0.625. The summed E-state index contributed by atoms with van der Waals surface area (Å²) in [6, 6.07) is 24.8. The zero-order valence-electron chi connectivity index (χ0n) is 19.9. The number of halogens is 1. The van der Waals surface area contributed by atoms with E-state index >= 15 is 0 Å². The van der Waals surface area contributed by atoms with Crippen LogP contribution in [0.4, 0.5) is 5.69 Å². The Morgan fingerprint density at radius 2 is 1.56 bits per heavy atom. The molecule has 6 nitrogen and oxygen atoms in total. The van der Waals surface area contributed by atoms with Gasteiger partial charge in [0.05, 0.1) is 39.0 Å². The van der Waals surface area contributed by atoms with E-state index in [1.54, 1.807) is 43.5 Å². The first-order valence-corrected chi connectivity index (χ1v) is 13.1. The van der Waals surface area contributed by atoms with E-state index in [1.807, 2.05) is 18.2 Å². The summed E-state index contributed by atoms with van der Waals surface area (Å²) in [6.07, 6.45) is 0. The second-order valence-corrected chi connectivity index (χ2v) is 10.3. The van der Waals surface area contributed by atoms with Gasteiger partial charge < -0.3 is 14.5 Å². The van der Waals surface area contributed by atoms with Gasteiger partial charge in [-0.25, -0.2) is 4.90 Å². The predicted molar refractivity (Wildman–Crippen MR) is 142 cm³/mol. The van der Waals surface area contributed by atoms with E-state index in [-0.39, 0.29) is 11.8 Å². The van der Waals surface area contributed by atoms with Crippen LogP contribution >= 0.6 is 23.4 Å². The number of thioether (sulfide) groups is 1. The van der Waals surface area contributed by atoms with E-state index in [0.29, 0.717) is 40.2 Å². The van der Waals surface area contributed by atoms with Gasteiger partial charge in [0.1, 0.15) is 22.9 Å². The van der Waals surface area contributed by atoms with Crippen molar-refractivity contribution in [2.24, 2.45) is 0 Å². The monoisotopic (exact) mass is 520 g/mol. The molecule has 1 N–H and O–H groups in total. The number of piperazine rings is 1. The van der Waals surface area contributed by atoms with E-state index in [1.165, 1.54) is 27.1 Å². The molecular weight excluding hydrogens is 494 g/mol. The summed E-state index contributed by atoms with van der Waals surface area (Å²) in [5.41, 5.74) is 2.31. The highest BCUT2D eigenvalue weighted by molar-refractivity contribution is 8.04. The molecule has 3 aromatic rings. The molecule has 5 rings (SSSR count). The number of hydrogen-bond acceptors (Lipinski definition) is 5. The number of carbonyl (C=O) groups is 2. The molecule has 36 heavy (non-hydrogen) atoms. The molecule has 0 saturated carbocycles. The highest BCUT2D eigenvalue weighted by Gasteiger charge is 2.43. The van der Waals surface area contributed by atoms with Crippen LogP contribution in [0.3, 0.4) is 0 Å². The molecule has 0 atom stereocenters. The van der Waals surface area contributed by atoms with Gasteiger partial charge >= 0.3 is 0 Å². The Hall–Kier alpha value is -3.26. The third-order valence-electron chi connectivity index (χ3n) is 6.47. The number of imide groups is 1. The number of carbonyl (C=O) groups excluding carboxylic acids is 2. The summed E-state index contributed by atoms with van der Waals surface area (Å²) in [5.74, 6) is 0.0756. The second-order valence-electron chi connectivity index (χ2n) is 8.78. The standard InChI is InChI=1S/C28H26ClN3O3S/c1-35-23-11-9-22(10-12-23)32-27(33)25(26(28(32)34)36-24-13-7-21(29)8-14-24)31-17-15-30(16-18-31)19-20-5-3-2-4-6-20/h2-14H,15-19H2,1H3/p+1. The van der Waals surface area contributed by atoms with Crippen molar-refractivity contribution in [3.8, 4) is 5.75 Å². The van der Waals surface area contributed by atoms with Gasteiger partial charge in [-0.1, -0.05) is 53.7 Å². The summed E-state index contributed by atoms with van der Waals surface area (Å²) in [4.78, 5) is 33.5. The van der Waals surface area contributed by atoms with E-state index in [9.17, 15) is 9.59 Å². The number of anilines is 1. The van der Waals surface area contributed by atoms with Gasteiger partial charge in [-0.2, -0.15) is 0 Å². The molecular formula is C28H27ClN3O3S+. The molecule has 2 aliphatic rings. The van der Waals surface area contributed by atoms with E-state index in [0.717, 1.165) is 24.5 Å². The highest BCUT2D eigenvalue weighted by Crippen LogP contribution is 2.39. The number of nitrogens with zero attached hydrogens (tertiary/aromatic N) is 2. The maximum atomic E-state index is 13.7. The Labute approximate surface area is 220 Å². The van der Waals surface area contributed by atoms with Gasteiger partial charge in [0, 0.05) is 15.5 Å². The number of methoxy groups -OCH3 is 1. The number of rotatable bonds is 7. The Bertz CT molecular complexity index is 1270. The lowest BCUT2D eigenvalue weighted by Crippen LogP contribution is -3.13. The number of hydrogen-bond donors (Lipinski definition) is 1. The molecule has 8 heteroatoms. The predicted octanol–water partition coefficient (Wildman–Crippen LogP) is 3.63. The molecule has 1 fully saturated rings. The van der Waals surface area contributed by atoms with Crippen LogP contribution < -0.4 is 14.5 Å². The molecule has 0 bridgehead atoms. The minimum absolute atomic E-state index is 0.284. The molecule has 0 unspecified atom stereocenters. The average Bonchev–Trinajstić information content (AvgIpc) is 3.15. The first-order valence-electron chi connectivity index (χ1n) is 11.9. The summed E-state index contributed by atoms with van der Waals surface area (Å²) in [6.45, 7) is 4.14. The van der Waals surface area contributed by atoms with Gasteiger partial charge in [0.25, 0.3) is 11.8 Å². The lowest BCUT2D eigenvalue weighted by molar-refractivity contribution is -0.917. The van der Waals surface area contributed by atoms with Crippen molar-refractivity contribution in [1.82, 2.24) is 4.90 Å². The van der Waals surface area contributed by atoms with Crippen LogP contribution in [0.15, 0.2) is 94.4 Å². The molecule has 184 valence electrons. The molecule has 2 heterocycles. The minimum atomic E-state index is -0.306. The molecule has 0 spiro atoms. The zero-order valence-corrected chi connectivity index (χ0v) is 21.5. The van der Waals surface area contributed by atoms with Crippen LogP contribution in [0.5, 0.6) is 5.75 Å². The average molecular weight is 521 g/mol. The van der Waals surface area contributed by atoms with E-state index in [2.05, 4.69) is 29.2 Å². The van der Waals surface area contributed by atoms with Crippen molar-refractivity contribution in [1.29, 1.82) is 0 Å². The molecule has 0 aliphatic carbocycles. The molecule has 1 saturated heterocycles. The minimum Gasteiger partial charge on any atom is -0.497 e. The number of nitrogens with one attached hydrogen (secondary N) is 1. The highest BCUT2D eigenvalue weighted by atomic mass is 35.5. The Morgan fingerprint density at radius 1 is 0.889 bits per heavy atom. The largest absolute Gasteiger partial charge is 0.497 e. The SMILES string of the molecule is COc1ccc(N2C(=O)C(Sc3ccc(Cl)cc3)=C(N3CC[NH+](Cc4ccccc4)CC3)C2=O)cc1. The quantitative estimate of drug-likeness (QED) is 0.482. The van der Waals surface area contributed by atoms with Crippen molar-refractivity contribution < 1.29 is 19.2 Å². The molecule has 2 aliphatic heterocycles. The van der Waals surface area contributed by atoms with Crippen LogP contribution in [-0.4, -0.2) is 50.0 Å². The van der Waals surface area contributed by atoms with Gasteiger partial charge in [-0.05, 0) is 48.5 Å². The first-order chi connectivity index (χ1) is 17.5. The number of quaternary nitrogens is 1. The molecule has 0 aromatic heterocycles. The number of ether oxygens (including phenoxy) is 1. The topological polar surface area (TPSA) is 54.3 Å². The van der Waals surface area contributed by atoms with E-state index < -0.39 is 0 Å². The van der Waals surface area contributed by atoms with Gasteiger partial charge in [0.15, 0.2) is 0 Å². The van der Waals surface area contributed by atoms with E-state index in [4.69, 9.17) is 16.3 Å². The lowest BCUT2D eigenvalue weighted by atomic mass is 10.2. The summed E-state index contributed by atoms with van der Waals surface area (Å²) >= 11 is 7.38. The first kappa shape index (κ1) is 24.4. The Kier molecular flexibility index (Phi) is 7.32. The van der Waals surface area contributed by atoms with Crippen molar-refractivity contribution in [2.75, 3.05) is 38.2 Å². The zero-order chi connectivity index (χ0) is 25.1. The van der Waals surface area contributed by atoms with Gasteiger partial charge in [-0.15, -0.1) is 0 Å². The normalized spacial score (nSPS) is 16.7. The third kappa shape index (κ3) is 5.14. The van der Waals surface area contributed by atoms with Crippen molar-refractivity contribution >= 4 is 40.9 Å². The van der Waals surface area contributed by atoms with Gasteiger partial charge in [-0.3, -0.25) is 9.59 Å². The summed E-state index contributed by atoms with van der Waals surface area (Å²) in [7, 11) is 1.58. The third-order valence-corrected chi connectivity index (χ3v) is 7.80. The van der Waals surface area contributed by atoms with Crippen molar-refractivity contribution in [2.45, 2.75) is 11.4 Å².